The van der Waals surface area contributed by atoms with E-state index >= 15 is 0 Å². The molecule has 1 amide bonds. The number of hydrogen-bond acceptors (Lipinski definition) is 6. The minimum absolute atomic E-state index is 0.160. The maximum absolute atomic E-state index is 12.9. The molecule has 0 fully saturated rings. The van der Waals surface area contributed by atoms with Gasteiger partial charge in [0, 0.05) is 5.69 Å². The van der Waals surface area contributed by atoms with E-state index in [4.69, 9.17) is 19.9 Å². The lowest BCUT2D eigenvalue weighted by molar-refractivity contribution is 0.00695. The van der Waals surface area contributed by atoms with Crippen LogP contribution in [0.4, 0.5) is 11.4 Å². The van der Waals surface area contributed by atoms with Gasteiger partial charge >= 0.3 is 5.97 Å². The first kappa shape index (κ1) is 23.8. The van der Waals surface area contributed by atoms with Crippen molar-refractivity contribution in [2.75, 3.05) is 17.7 Å². The van der Waals surface area contributed by atoms with Crippen LogP contribution < -0.4 is 20.5 Å². The molecule has 3 N–H and O–H groups in total. The minimum Gasteiger partial charge on any atom is -0.485 e. The first-order chi connectivity index (χ1) is 14.5. The summed E-state index contributed by atoms with van der Waals surface area (Å²) in [5.74, 6) is -0.279. The number of ether oxygens (including phenoxy) is 3. The molecule has 0 atom stereocenters. The highest BCUT2D eigenvalue weighted by molar-refractivity contribution is 6.07. The molecule has 0 aromatic heterocycles. The Morgan fingerprint density at radius 3 is 2.29 bits per heavy atom. The summed E-state index contributed by atoms with van der Waals surface area (Å²) in [7, 11) is 0. The maximum Gasteiger partial charge on any atom is 0.338 e. The molecule has 166 valence electrons. The zero-order chi connectivity index (χ0) is 23.2. The minimum atomic E-state index is -0.587. The quantitative estimate of drug-likeness (QED) is 0.356. The largest absolute Gasteiger partial charge is 0.485 e. The Morgan fingerprint density at radius 2 is 1.74 bits per heavy atom. The van der Waals surface area contributed by atoms with E-state index in [0.29, 0.717) is 22.7 Å². The molecule has 0 spiro atoms. The average molecular weight is 427 g/mol. The summed E-state index contributed by atoms with van der Waals surface area (Å²) in [6.45, 7) is 12.9. The van der Waals surface area contributed by atoms with Crippen LogP contribution in [-0.4, -0.2) is 30.2 Å². The Kier molecular flexibility index (Phi) is 7.69. The standard InChI is InChI=1S/C24H30N2O5/c1-7-14-29-20-18(12-13-19(25)21(20)30-15(2)3)22(27)26-17-10-8-16(9-11-17)23(28)31-24(4,5)6/h7-13,15H,1,14,25H2,2-6H3,(H,26,27). The molecule has 31 heavy (non-hydrogen) atoms. The number of carbonyl (C=O) groups excluding carboxylic acids is 2. The van der Waals surface area contributed by atoms with Crippen molar-refractivity contribution in [1.29, 1.82) is 0 Å². The van der Waals surface area contributed by atoms with Gasteiger partial charge in [0.25, 0.3) is 5.91 Å². The van der Waals surface area contributed by atoms with E-state index in [1.165, 1.54) is 0 Å². The molecule has 2 aromatic rings. The van der Waals surface area contributed by atoms with Crippen molar-refractivity contribution in [3.63, 3.8) is 0 Å². The zero-order valence-corrected chi connectivity index (χ0v) is 18.7. The van der Waals surface area contributed by atoms with Gasteiger partial charge in [-0.1, -0.05) is 12.7 Å². The molecule has 0 unspecified atom stereocenters. The van der Waals surface area contributed by atoms with E-state index in [1.54, 1.807) is 63.2 Å². The van der Waals surface area contributed by atoms with Gasteiger partial charge in [-0.2, -0.15) is 0 Å². The van der Waals surface area contributed by atoms with Crippen LogP contribution in [-0.2, 0) is 4.74 Å². The van der Waals surface area contributed by atoms with Crippen molar-refractivity contribution >= 4 is 23.3 Å². The van der Waals surface area contributed by atoms with E-state index in [1.807, 2.05) is 13.8 Å². The zero-order valence-electron chi connectivity index (χ0n) is 18.7. The van der Waals surface area contributed by atoms with Crippen molar-refractivity contribution in [2.24, 2.45) is 0 Å². The molecule has 7 heteroatoms. The highest BCUT2D eigenvalue weighted by Gasteiger charge is 2.22. The van der Waals surface area contributed by atoms with Gasteiger partial charge in [0.1, 0.15) is 12.2 Å². The molecule has 7 nitrogen and oxygen atoms in total. The van der Waals surface area contributed by atoms with E-state index in [0.717, 1.165) is 0 Å². The van der Waals surface area contributed by atoms with E-state index in [-0.39, 0.29) is 24.0 Å². The predicted octanol–water partition coefficient (Wildman–Crippen LogP) is 4.83. The molecule has 0 aliphatic carbocycles. The van der Waals surface area contributed by atoms with E-state index < -0.39 is 17.5 Å². The van der Waals surface area contributed by atoms with Gasteiger partial charge in [-0.3, -0.25) is 4.79 Å². The highest BCUT2D eigenvalue weighted by Crippen LogP contribution is 2.38. The fourth-order valence-electron chi connectivity index (χ4n) is 2.62. The third-order valence-electron chi connectivity index (χ3n) is 3.86. The van der Waals surface area contributed by atoms with Crippen LogP contribution >= 0.6 is 0 Å². The molecule has 0 radical (unpaired) electrons. The summed E-state index contributed by atoms with van der Waals surface area (Å²) in [5, 5.41) is 2.80. The number of nitrogen functional groups attached to an aromatic ring is 1. The first-order valence-corrected chi connectivity index (χ1v) is 9.99. The summed E-state index contributed by atoms with van der Waals surface area (Å²) >= 11 is 0. The van der Waals surface area contributed by atoms with Gasteiger partial charge in [0.2, 0.25) is 0 Å². The van der Waals surface area contributed by atoms with E-state index in [9.17, 15) is 9.59 Å². The molecule has 2 aromatic carbocycles. The molecular formula is C24H30N2O5. The molecular weight excluding hydrogens is 396 g/mol. The van der Waals surface area contributed by atoms with Gasteiger partial charge in [-0.05, 0) is 71.0 Å². The van der Waals surface area contributed by atoms with Gasteiger partial charge in [-0.25, -0.2) is 4.79 Å². The molecule has 0 bridgehead atoms. The molecule has 0 aliphatic rings. The number of benzene rings is 2. The SMILES string of the molecule is C=CCOc1c(C(=O)Nc2ccc(C(=O)OC(C)(C)C)cc2)ccc(N)c1OC(C)C. The monoisotopic (exact) mass is 426 g/mol. The Labute approximate surface area is 183 Å². The summed E-state index contributed by atoms with van der Waals surface area (Å²) in [6.07, 6.45) is 1.41. The number of nitrogens with two attached hydrogens (primary N) is 1. The number of esters is 1. The van der Waals surface area contributed by atoms with Crippen molar-refractivity contribution in [3.8, 4) is 11.5 Å². The Hall–Kier alpha value is -3.48. The number of hydrogen-bond donors (Lipinski definition) is 2. The third kappa shape index (κ3) is 6.77. The van der Waals surface area contributed by atoms with Crippen molar-refractivity contribution in [1.82, 2.24) is 0 Å². The summed E-state index contributed by atoms with van der Waals surface area (Å²) in [4.78, 5) is 25.1. The maximum atomic E-state index is 12.9. The second-order valence-corrected chi connectivity index (χ2v) is 8.16. The van der Waals surface area contributed by atoms with Crippen LogP contribution in [0.3, 0.4) is 0 Å². The van der Waals surface area contributed by atoms with Crippen LogP contribution in [0.1, 0.15) is 55.3 Å². The topological polar surface area (TPSA) is 99.9 Å². The fourth-order valence-corrected chi connectivity index (χ4v) is 2.62. The second-order valence-electron chi connectivity index (χ2n) is 8.16. The molecule has 0 saturated carbocycles. The van der Waals surface area contributed by atoms with Crippen LogP contribution in [0.25, 0.3) is 0 Å². The van der Waals surface area contributed by atoms with Crippen LogP contribution in [0.15, 0.2) is 49.1 Å². The first-order valence-electron chi connectivity index (χ1n) is 9.99. The predicted molar refractivity (Wildman–Crippen MR) is 122 cm³/mol. The average Bonchev–Trinajstić information content (AvgIpc) is 2.67. The van der Waals surface area contributed by atoms with Gasteiger partial charge in [0.15, 0.2) is 11.5 Å². The van der Waals surface area contributed by atoms with Crippen LogP contribution in [0, 0.1) is 0 Å². The normalized spacial score (nSPS) is 11.0. The van der Waals surface area contributed by atoms with Gasteiger partial charge in [0.05, 0.1) is 22.9 Å². The number of anilines is 2. The second kappa shape index (κ2) is 10.0. The van der Waals surface area contributed by atoms with Gasteiger partial charge in [-0.15, -0.1) is 0 Å². The summed E-state index contributed by atoms with van der Waals surface area (Å²) in [5.41, 5.74) is 6.99. The molecule has 0 aliphatic heterocycles. The molecule has 2 rings (SSSR count). The molecule has 0 heterocycles. The number of rotatable bonds is 8. The Morgan fingerprint density at radius 1 is 1.10 bits per heavy atom. The number of nitrogens with one attached hydrogen (secondary N) is 1. The Balaban J connectivity index is 2.26. The van der Waals surface area contributed by atoms with Gasteiger partial charge < -0.3 is 25.3 Å². The lowest BCUT2D eigenvalue weighted by atomic mass is 10.1. The lowest BCUT2D eigenvalue weighted by Gasteiger charge is -2.20. The smallest absolute Gasteiger partial charge is 0.338 e. The summed E-state index contributed by atoms with van der Waals surface area (Å²) in [6, 6.07) is 9.61. The van der Waals surface area contributed by atoms with Crippen molar-refractivity contribution < 1.29 is 23.8 Å². The third-order valence-corrected chi connectivity index (χ3v) is 3.86. The van der Waals surface area contributed by atoms with E-state index in [2.05, 4.69) is 11.9 Å². The lowest BCUT2D eigenvalue weighted by Crippen LogP contribution is -2.23. The van der Waals surface area contributed by atoms with Crippen molar-refractivity contribution in [2.45, 2.75) is 46.3 Å². The van der Waals surface area contributed by atoms with Crippen molar-refractivity contribution in [3.05, 3.63) is 60.2 Å². The Bertz CT molecular complexity index is 944. The summed E-state index contributed by atoms with van der Waals surface area (Å²) < 4.78 is 16.8. The molecule has 0 saturated heterocycles. The number of amides is 1. The fraction of sp³-hybridized carbons (Fsp3) is 0.333. The van der Waals surface area contributed by atoms with Crippen LogP contribution in [0.5, 0.6) is 11.5 Å². The highest BCUT2D eigenvalue weighted by atomic mass is 16.6. The van der Waals surface area contributed by atoms with Crippen LogP contribution in [0.2, 0.25) is 0 Å². The number of carbonyl (C=O) groups is 2.